The summed E-state index contributed by atoms with van der Waals surface area (Å²) in [6.45, 7) is 1.00. The highest BCUT2D eigenvalue weighted by molar-refractivity contribution is 7.89. The maximum absolute atomic E-state index is 12.9. The molecule has 1 N–H and O–H groups in total. The number of rotatable bonds is 3. The molecule has 0 aliphatic carbocycles. The lowest BCUT2D eigenvalue weighted by atomic mass is 10.2. The van der Waals surface area contributed by atoms with Crippen LogP contribution in [0.2, 0.25) is 5.02 Å². The highest BCUT2D eigenvalue weighted by Crippen LogP contribution is 2.31. The van der Waals surface area contributed by atoms with E-state index in [1.165, 1.54) is 10.5 Å². The summed E-state index contributed by atoms with van der Waals surface area (Å²) in [4.78, 5) is 4.26. The summed E-state index contributed by atoms with van der Waals surface area (Å²) in [6.07, 6.45) is 3.92. The van der Waals surface area contributed by atoms with Crippen LogP contribution in [0.1, 0.15) is 6.42 Å². The van der Waals surface area contributed by atoms with Crippen molar-refractivity contribution in [3.63, 3.8) is 0 Å². The predicted molar refractivity (Wildman–Crippen MR) is 83.0 cm³/mol. The topological polar surface area (TPSA) is 62.3 Å². The van der Waals surface area contributed by atoms with Gasteiger partial charge in [-0.3, -0.25) is 4.98 Å². The van der Waals surface area contributed by atoms with Crippen LogP contribution in [0.15, 0.2) is 35.5 Å². The van der Waals surface area contributed by atoms with Crippen molar-refractivity contribution in [2.75, 3.05) is 20.1 Å². The second-order valence-electron chi connectivity index (χ2n) is 5.11. The number of benzene rings is 1. The monoisotopic (exact) mass is 325 g/mol. The summed E-state index contributed by atoms with van der Waals surface area (Å²) in [5.74, 6) is 0. The molecule has 1 aromatic carbocycles. The van der Waals surface area contributed by atoms with Crippen molar-refractivity contribution in [2.24, 2.45) is 0 Å². The second-order valence-corrected chi connectivity index (χ2v) is 7.43. The quantitative estimate of drug-likeness (QED) is 0.936. The number of aromatic nitrogens is 1. The van der Waals surface area contributed by atoms with Crippen LogP contribution in [0.5, 0.6) is 0 Å². The molecule has 1 aliphatic heterocycles. The number of hydrogen-bond donors (Lipinski definition) is 1. The van der Waals surface area contributed by atoms with Gasteiger partial charge in [-0.15, -0.1) is 0 Å². The van der Waals surface area contributed by atoms with E-state index < -0.39 is 10.0 Å². The Morgan fingerprint density at radius 3 is 2.90 bits per heavy atom. The van der Waals surface area contributed by atoms with E-state index in [1.807, 2.05) is 13.1 Å². The SMILES string of the molecule is CN[C@@H]1CCN(S(=O)(=O)c2cccc3cncc(Cl)c23)C1. The average molecular weight is 326 g/mol. The van der Waals surface area contributed by atoms with E-state index in [0.717, 1.165) is 11.8 Å². The number of sulfonamides is 1. The summed E-state index contributed by atoms with van der Waals surface area (Å²) >= 11 is 6.17. The van der Waals surface area contributed by atoms with E-state index in [9.17, 15) is 8.42 Å². The van der Waals surface area contributed by atoms with Gasteiger partial charge in [-0.25, -0.2) is 8.42 Å². The van der Waals surface area contributed by atoms with Gasteiger partial charge < -0.3 is 5.32 Å². The van der Waals surface area contributed by atoms with E-state index in [-0.39, 0.29) is 10.9 Å². The second kappa shape index (κ2) is 5.53. The van der Waals surface area contributed by atoms with E-state index in [1.54, 1.807) is 18.3 Å². The standard InChI is InChI=1S/C14H16ClN3O2S/c1-16-11-5-6-18(9-11)21(19,20)13-4-2-3-10-7-17-8-12(15)14(10)13/h2-4,7-8,11,16H,5-6,9H2,1H3/t11-/m1/s1. The van der Waals surface area contributed by atoms with Crippen molar-refractivity contribution in [1.29, 1.82) is 0 Å². The average Bonchev–Trinajstić information content (AvgIpc) is 2.97. The Balaban J connectivity index is 2.12. The molecule has 21 heavy (non-hydrogen) atoms. The third-order valence-electron chi connectivity index (χ3n) is 3.88. The molecule has 0 spiro atoms. The number of likely N-dealkylation sites (N-methyl/N-ethyl adjacent to an activating group) is 1. The summed E-state index contributed by atoms with van der Waals surface area (Å²) in [5, 5.41) is 4.75. The van der Waals surface area contributed by atoms with Crippen LogP contribution in [0.4, 0.5) is 0 Å². The minimum absolute atomic E-state index is 0.201. The number of nitrogens with zero attached hydrogens (tertiary/aromatic N) is 2. The maximum atomic E-state index is 12.9. The van der Waals surface area contributed by atoms with Gasteiger partial charge in [0.2, 0.25) is 10.0 Å². The first-order chi connectivity index (χ1) is 10.0. The molecule has 1 saturated heterocycles. The first-order valence-corrected chi connectivity index (χ1v) is 8.55. The third kappa shape index (κ3) is 2.53. The van der Waals surface area contributed by atoms with Gasteiger partial charge in [0.15, 0.2) is 0 Å². The highest BCUT2D eigenvalue weighted by Gasteiger charge is 2.33. The van der Waals surface area contributed by atoms with Gasteiger partial charge in [-0.2, -0.15) is 4.31 Å². The molecule has 0 bridgehead atoms. The van der Waals surface area contributed by atoms with Gasteiger partial charge in [-0.1, -0.05) is 23.7 Å². The lowest BCUT2D eigenvalue weighted by Gasteiger charge is -2.18. The van der Waals surface area contributed by atoms with Crippen LogP contribution in [0.3, 0.4) is 0 Å². The molecule has 1 atom stereocenters. The molecule has 1 fully saturated rings. The molecule has 2 heterocycles. The molecule has 2 aromatic rings. The number of fused-ring (bicyclic) bond motifs is 1. The Kier molecular flexibility index (Phi) is 3.88. The summed E-state index contributed by atoms with van der Waals surface area (Å²) < 4.78 is 27.3. The van der Waals surface area contributed by atoms with Crippen molar-refractivity contribution >= 4 is 32.4 Å². The van der Waals surface area contributed by atoms with E-state index >= 15 is 0 Å². The van der Waals surface area contributed by atoms with Crippen molar-refractivity contribution in [3.05, 3.63) is 35.6 Å². The zero-order valence-electron chi connectivity index (χ0n) is 11.6. The Morgan fingerprint density at radius 2 is 2.19 bits per heavy atom. The lowest BCUT2D eigenvalue weighted by Crippen LogP contribution is -2.33. The highest BCUT2D eigenvalue weighted by atomic mass is 35.5. The van der Waals surface area contributed by atoms with E-state index in [2.05, 4.69) is 10.3 Å². The fourth-order valence-electron chi connectivity index (χ4n) is 2.70. The summed E-state index contributed by atoms with van der Waals surface area (Å²) in [5.41, 5.74) is 0. The molecule has 5 nitrogen and oxygen atoms in total. The lowest BCUT2D eigenvalue weighted by molar-refractivity contribution is 0.465. The fraction of sp³-hybridized carbons (Fsp3) is 0.357. The molecule has 1 aliphatic rings. The molecule has 0 unspecified atom stereocenters. The molecule has 0 amide bonds. The van der Waals surface area contributed by atoms with Gasteiger partial charge in [0.25, 0.3) is 0 Å². The zero-order valence-corrected chi connectivity index (χ0v) is 13.2. The molecule has 0 radical (unpaired) electrons. The van der Waals surface area contributed by atoms with Crippen LogP contribution in [0.25, 0.3) is 10.8 Å². The van der Waals surface area contributed by atoms with Gasteiger partial charge in [0.1, 0.15) is 0 Å². The molecule has 0 saturated carbocycles. The van der Waals surface area contributed by atoms with Gasteiger partial charge in [0.05, 0.1) is 9.92 Å². The number of hydrogen-bond acceptors (Lipinski definition) is 4. The Labute approximate surface area is 129 Å². The minimum Gasteiger partial charge on any atom is -0.316 e. The van der Waals surface area contributed by atoms with Crippen molar-refractivity contribution in [2.45, 2.75) is 17.4 Å². The summed E-state index contributed by atoms with van der Waals surface area (Å²) in [7, 11) is -1.70. The van der Waals surface area contributed by atoms with E-state index in [4.69, 9.17) is 11.6 Å². The van der Waals surface area contributed by atoms with Crippen LogP contribution >= 0.6 is 11.6 Å². The first kappa shape index (κ1) is 14.7. The largest absolute Gasteiger partial charge is 0.316 e. The fourth-order valence-corrected chi connectivity index (χ4v) is 4.75. The van der Waals surface area contributed by atoms with Crippen LogP contribution < -0.4 is 5.32 Å². The number of halogens is 1. The Hall–Kier alpha value is -1.21. The van der Waals surface area contributed by atoms with Gasteiger partial charge >= 0.3 is 0 Å². The molecular formula is C14H16ClN3O2S. The third-order valence-corrected chi connectivity index (χ3v) is 6.07. The normalized spacial score (nSPS) is 20.2. The van der Waals surface area contributed by atoms with E-state index in [0.29, 0.717) is 23.5 Å². The van der Waals surface area contributed by atoms with Crippen LogP contribution in [-0.4, -0.2) is 43.9 Å². The predicted octanol–water partition coefficient (Wildman–Crippen LogP) is 1.87. The molecule has 112 valence electrons. The van der Waals surface area contributed by atoms with Crippen LogP contribution in [-0.2, 0) is 10.0 Å². The smallest absolute Gasteiger partial charge is 0.243 e. The Bertz CT molecular complexity index is 774. The van der Waals surface area contributed by atoms with Crippen molar-refractivity contribution in [1.82, 2.24) is 14.6 Å². The zero-order chi connectivity index (χ0) is 15.0. The number of pyridine rings is 1. The molecule has 7 heteroatoms. The summed E-state index contributed by atoms with van der Waals surface area (Å²) in [6, 6.07) is 5.34. The number of nitrogens with one attached hydrogen (secondary N) is 1. The van der Waals surface area contributed by atoms with Gasteiger partial charge in [0, 0.05) is 42.3 Å². The maximum Gasteiger partial charge on any atom is 0.243 e. The minimum atomic E-state index is -3.55. The van der Waals surface area contributed by atoms with Crippen molar-refractivity contribution < 1.29 is 8.42 Å². The molecule has 3 rings (SSSR count). The molecular weight excluding hydrogens is 310 g/mol. The van der Waals surface area contributed by atoms with Crippen molar-refractivity contribution in [3.8, 4) is 0 Å². The van der Waals surface area contributed by atoms with Crippen LogP contribution in [0, 0.1) is 0 Å². The Morgan fingerprint density at radius 1 is 1.38 bits per heavy atom. The first-order valence-electron chi connectivity index (χ1n) is 6.73. The molecule has 1 aromatic heterocycles. The van der Waals surface area contributed by atoms with Gasteiger partial charge in [-0.05, 0) is 19.5 Å².